The molecule has 0 bridgehead atoms. The molecule has 0 spiro atoms. The van der Waals surface area contributed by atoms with Gasteiger partial charge in [-0.15, -0.1) is 11.3 Å². The Morgan fingerprint density at radius 1 is 1.24 bits per heavy atom. The van der Waals surface area contributed by atoms with E-state index in [1.165, 1.54) is 9.44 Å². The van der Waals surface area contributed by atoms with Crippen LogP contribution in [0.2, 0.25) is 0 Å². The molecule has 0 atom stereocenters. The minimum absolute atomic E-state index is 0.0591. The standard InChI is InChI=1S/C20H18N4O4S/c1-26-11-6-7-12(14(8-11)27-2)18-22-16(28-23-18)9-24-10-21-19-17(20(24)25)13-4-3-5-15(13)29-19/h6-8,10H,3-5,9H2,1-2H3. The SMILES string of the molecule is COc1ccc(-c2noc(Cn3cnc4sc5c(c4c3=O)CCC5)n2)c(OC)c1. The maximum Gasteiger partial charge on any atom is 0.262 e. The van der Waals surface area contributed by atoms with Gasteiger partial charge in [-0.1, -0.05) is 5.16 Å². The van der Waals surface area contributed by atoms with Gasteiger partial charge in [0.2, 0.25) is 11.7 Å². The first kappa shape index (κ1) is 17.9. The second kappa shape index (κ2) is 7.00. The Morgan fingerprint density at radius 3 is 2.97 bits per heavy atom. The first-order chi connectivity index (χ1) is 14.2. The van der Waals surface area contributed by atoms with Crippen LogP contribution in [0.1, 0.15) is 22.8 Å². The summed E-state index contributed by atoms with van der Waals surface area (Å²) in [6.07, 6.45) is 4.63. The monoisotopic (exact) mass is 410 g/mol. The zero-order valence-electron chi connectivity index (χ0n) is 16.0. The minimum atomic E-state index is -0.0591. The Bertz CT molecular complexity index is 1270. The van der Waals surface area contributed by atoms with Crippen LogP contribution in [0.25, 0.3) is 21.6 Å². The fourth-order valence-corrected chi connectivity index (χ4v) is 4.91. The lowest BCUT2D eigenvalue weighted by Gasteiger charge is -2.07. The van der Waals surface area contributed by atoms with Gasteiger partial charge in [0, 0.05) is 10.9 Å². The van der Waals surface area contributed by atoms with Crippen molar-refractivity contribution in [1.82, 2.24) is 19.7 Å². The second-order valence-electron chi connectivity index (χ2n) is 6.79. The predicted octanol–water partition coefficient (Wildman–Crippen LogP) is 3.06. The first-order valence-corrected chi connectivity index (χ1v) is 10.0. The molecule has 0 radical (unpaired) electrons. The molecule has 148 valence electrons. The van der Waals surface area contributed by atoms with Crippen LogP contribution in [0.5, 0.6) is 11.5 Å². The molecule has 0 N–H and O–H groups in total. The fourth-order valence-electron chi connectivity index (χ4n) is 3.69. The quantitative estimate of drug-likeness (QED) is 0.499. The average molecular weight is 410 g/mol. The number of rotatable bonds is 5. The van der Waals surface area contributed by atoms with Crippen LogP contribution in [0.4, 0.5) is 0 Å². The summed E-state index contributed by atoms with van der Waals surface area (Å²) >= 11 is 1.62. The largest absolute Gasteiger partial charge is 0.497 e. The van der Waals surface area contributed by atoms with Crippen LogP contribution in [0.15, 0.2) is 33.8 Å². The molecule has 0 amide bonds. The third-order valence-electron chi connectivity index (χ3n) is 5.12. The lowest BCUT2D eigenvalue weighted by molar-refractivity contribution is 0.369. The highest BCUT2D eigenvalue weighted by atomic mass is 32.1. The van der Waals surface area contributed by atoms with E-state index in [9.17, 15) is 4.79 Å². The van der Waals surface area contributed by atoms with E-state index < -0.39 is 0 Å². The maximum absolute atomic E-state index is 13.0. The number of thiophene rings is 1. The number of aryl methyl sites for hydroxylation is 2. The number of hydrogen-bond donors (Lipinski definition) is 0. The summed E-state index contributed by atoms with van der Waals surface area (Å²) in [6, 6.07) is 5.36. The van der Waals surface area contributed by atoms with Gasteiger partial charge >= 0.3 is 0 Å². The van der Waals surface area contributed by atoms with Crippen molar-refractivity contribution in [1.29, 1.82) is 0 Å². The summed E-state index contributed by atoms with van der Waals surface area (Å²) in [5.41, 5.74) is 1.78. The minimum Gasteiger partial charge on any atom is -0.497 e. The molecule has 3 aromatic heterocycles. The van der Waals surface area contributed by atoms with E-state index in [0.29, 0.717) is 28.8 Å². The zero-order valence-corrected chi connectivity index (χ0v) is 16.8. The van der Waals surface area contributed by atoms with Gasteiger partial charge in [0.05, 0.1) is 31.5 Å². The number of ether oxygens (including phenoxy) is 2. The molecule has 1 aromatic carbocycles. The third kappa shape index (κ3) is 2.98. The van der Waals surface area contributed by atoms with E-state index in [1.807, 2.05) is 0 Å². The van der Waals surface area contributed by atoms with E-state index in [-0.39, 0.29) is 12.1 Å². The lowest BCUT2D eigenvalue weighted by atomic mass is 10.2. The summed E-state index contributed by atoms with van der Waals surface area (Å²) < 4.78 is 17.5. The van der Waals surface area contributed by atoms with Crippen LogP contribution >= 0.6 is 11.3 Å². The molecule has 5 rings (SSSR count). The van der Waals surface area contributed by atoms with Crippen molar-refractivity contribution in [2.45, 2.75) is 25.8 Å². The number of fused-ring (bicyclic) bond motifs is 3. The summed E-state index contributed by atoms with van der Waals surface area (Å²) in [4.78, 5) is 24.0. The van der Waals surface area contributed by atoms with Gasteiger partial charge in [-0.3, -0.25) is 9.36 Å². The Balaban J connectivity index is 1.48. The molecule has 0 aliphatic heterocycles. The van der Waals surface area contributed by atoms with Crippen molar-refractivity contribution in [3.05, 3.63) is 51.2 Å². The summed E-state index contributed by atoms with van der Waals surface area (Å²) in [6.45, 7) is 0.165. The van der Waals surface area contributed by atoms with E-state index in [4.69, 9.17) is 14.0 Å². The highest BCUT2D eigenvalue weighted by Gasteiger charge is 2.22. The van der Waals surface area contributed by atoms with Gasteiger partial charge in [0.15, 0.2) is 0 Å². The Morgan fingerprint density at radius 2 is 2.14 bits per heavy atom. The normalized spacial score (nSPS) is 13.0. The van der Waals surface area contributed by atoms with Gasteiger partial charge in [-0.05, 0) is 37.0 Å². The molecular formula is C20H18N4O4S. The molecule has 0 saturated heterocycles. The molecule has 4 aromatic rings. The van der Waals surface area contributed by atoms with E-state index >= 15 is 0 Å². The molecule has 29 heavy (non-hydrogen) atoms. The first-order valence-electron chi connectivity index (χ1n) is 9.22. The van der Waals surface area contributed by atoms with Gasteiger partial charge in [-0.2, -0.15) is 4.98 Å². The van der Waals surface area contributed by atoms with Gasteiger partial charge in [-0.25, -0.2) is 4.98 Å². The van der Waals surface area contributed by atoms with Crippen molar-refractivity contribution >= 4 is 21.6 Å². The van der Waals surface area contributed by atoms with E-state index in [1.54, 1.807) is 50.1 Å². The average Bonchev–Trinajstić information content (AvgIpc) is 3.45. The predicted molar refractivity (Wildman–Crippen MR) is 108 cm³/mol. The van der Waals surface area contributed by atoms with Crippen LogP contribution in [-0.2, 0) is 19.4 Å². The van der Waals surface area contributed by atoms with Gasteiger partial charge in [0.1, 0.15) is 22.9 Å². The summed E-state index contributed by atoms with van der Waals surface area (Å²) in [5.74, 6) is 1.96. The highest BCUT2D eigenvalue weighted by molar-refractivity contribution is 7.18. The zero-order chi connectivity index (χ0) is 20.0. The van der Waals surface area contributed by atoms with E-state index in [0.717, 1.165) is 35.0 Å². The molecule has 0 unspecified atom stereocenters. The van der Waals surface area contributed by atoms with E-state index in [2.05, 4.69) is 15.1 Å². The number of benzene rings is 1. The fraction of sp³-hybridized carbons (Fsp3) is 0.300. The maximum atomic E-state index is 13.0. The molecule has 1 aliphatic carbocycles. The third-order valence-corrected chi connectivity index (χ3v) is 6.31. The van der Waals surface area contributed by atoms with Crippen LogP contribution < -0.4 is 15.0 Å². The van der Waals surface area contributed by atoms with Crippen molar-refractivity contribution < 1.29 is 14.0 Å². The molecule has 1 aliphatic rings. The number of methoxy groups -OCH3 is 2. The van der Waals surface area contributed by atoms with Crippen LogP contribution in [0, 0.1) is 0 Å². The van der Waals surface area contributed by atoms with Crippen LogP contribution in [0.3, 0.4) is 0 Å². The van der Waals surface area contributed by atoms with Gasteiger partial charge < -0.3 is 14.0 Å². The number of aromatic nitrogens is 4. The molecule has 9 heteroatoms. The Hall–Kier alpha value is -3.20. The van der Waals surface area contributed by atoms with Crippen molar-refractivity contribution in [3.63, 3.8) is 0 Å². The molecule has 8 nitrogen and oxygen atoms in total. The highest BCUT2D eigenvalue weighted by Crippen LogP contribution is 2.34. The molecule has 0 saturated carbocycles. The number of nitrogens with zero attached hydrogens (tertiary/aromatic N) is 4. The number of hydrogen-bond acceptors (Lipinski definition) is 8. The molecule has 0 fully saturated rings. The molecule has 3 heterocycles. The van der Waals surface area contributed by atoms with Crippen LogP contribution in [-0.4, -0.2) is 33.9 Å². The topological polar surface area (TPSA) is 92.3 Å². The van der Waals surface area contributed by atoms with Crippen molar-refractivity contribution in [3.8, 4) is 22.9 Å². The molecular weight excluding hydrogens is 392 g/mol. The smallest absolute Gasteiger partial charge is 0.262 e. The summed E-state index contributed by atoms with van der Waals surface area (Å²) in [5, 5.41) is 4.78. The van der Waals surface area contributed by atoms with Crippen molar-refractivity contribution in [2.75, 3.05) is 14.2 Å². The second-order valence-corrected chi connectivity index (χ2v) is 7.88. The lowest BCUT2D eigenvalue weighted by Crippen LogP contribution is -2.21. The Kier molecular flexibility index (Phi) is 4.31. The Labute approximate surface area is 169 Å². The van der Waals surface area contributed by atoms with Gasteiger partial charge in [0.25, 0.3) is 5.56 Å². The summed E-state index contributed by atoms with van der Waals surface area (Å²) in [7, 11) is 3.16. The van der Waals surface area contributed by atoms with Crippen molar-refractivity contribution in [2.24, 2.45) is 0 Å².